The number of aromatic carboxylic acids is 1. The average molecular weight is 380 g/mol. The van der Waals surface area contributed by atoms with E-state index in [1.807, 2.05) is 11.0 Å². The number of benzene rings is 1. The van der Waals surface area contributed by atoms with Crippen LogP contribution in [0.3, 0.4) is 0 Å². The van der Waals surface area contributed by atoms with Crippen molar-refractivity contribution in [1.29, 1.82) is 0 Å². The van der Waals surface area contributed by atoms with Gasteiger partial charge in [-0.2, -0.15) is 5.10 Å². The molecule has 2 heterocycles. The molecule has 0 saturated heterocycles. The molecule has 2 aromatic rings. The zero-order chi connectivity index (χ0) is 16.6. The molecule has 8 nitrogen and oxygen atoms in total. The van der Waals surface area contributed by atoms with Crippen LogP contribution in [0, 0.1) is 0 Å². The van der Waals surface area contributed by atoms with Crippen molar-refractivity contribution < 1.29 is 14.7 Å². The van der Waals surface area contributed by atoms with Gasteiger partial charge in [-0.15, -0.1) is 0 Å². The van der Waals surface area contributed by atoms with Crippen molar-refractivity contribution in [3.8, 4) is 0 Å². The van der Waals surface area contributed by atoms with E-state index in [-0.39, 0.29) is 11.6 Å². The maximum atomic E-state index is 11.4. The standard InChI is InChI=1S/C14H14BrN5O3/c1-16-14(23)17-11-7-12-19(2-3-20(12)18-11)10-5-8(13(21)22)4-9(15)6-10/h4-7H,2-3H2,1H3,(H,21,22)(H2,16,17,18,23). The highest BCUT2D eigenvalue weighted by Gasteiger charge is 2.24. The number of hydrogen-bond acceptors (Lipinski definition) is 4. The van der Waals surface area contributed by atoms with Crippen LogP contribution in [0.25, 0.3) is 0 Å². The number of nitrogens with zero attached hydrogens (tertiary/aromatic N) is 3. The number of anilines is 3. The van der Waals surface area contributed by atoms with Crippen LogP contribution in [-0.2, 0) is 6.54 Å². The predicted molar refractivity (Wildman–Crippen MR) is 88.4 cm³/mol. The monoisotopic (exact) mass is 379 g/mol. The summed E-state index contributed by atoms with van der Waals surface area (Å²) < 4.78 is 2.46. The minimum atomic E-state index is -0.984. The van der Waals surface area contributed by atoms with Crippen molar-refractivity contribution in [2.24, 2.45) is 0 Å². The van der Waals surface area contributed by atoms with Gasteiger partial charge in [-0.25, -0.2) is 14.3 Å². The normalized spacial score (nSPS) is 12.9. The molecule has 1 aliphatic rings. The molecule has 0 fully saturated rings. The number of halogens is 1. The van der Waals surface area contributed by atoms with Gasteiger partial charge in [0, 0.05) is 29.8 Å². The number of rotatable bonds is 3. The number of carboxylic acids is 1. The van der Waals surface area contributed by atoms with E-state index in [1.54, 1.807) is 22.9 Å². The molecule has 3 N–H and O–H groups in total. The van der Waals surface area contributed by atoms with Crippen molar-refractivity contribution >= 4 is 45.3 Å². The lowest BCUT2D eigenvalue weighted by Gasteiger charge is -2.18. The molecule has 120 valence electrons. The van der Waals surface area contributed by atoms with Gasteiger partial charge in [-0.1, -0.05) is 15.9 Å². The highest BCUT2D eigenvalue weighted by atomic mass is 79.9. The molecule has 1 aromatic heterocycles. The average Bonchev–Trinajstić information content (AvgIpc) is 3.06. The van der Waals surface area contributed by atoms with Crippen LogP contribution in [0.5, 0.6) is 0 Å². The number of carboxylic acid groups (broad SMARTS) is 1. The molecule has 0 aliphatic carbocycles. The molecule has 1 aliphatic heterocycles. The van der Waals surface area contributed by atoms with E-state index in [9.17, 15) is 14.7 Å². The fourth-order valence-electron chi connectivity index (χ4n) is 2.45. The van der Waals surface area contributed by atoms with Crippen molar-refractivity contribution in [3.63, 3.8) is 0 Å². The van der Waals surface area contributed by atoms with Crippen molar-refractivity contribution in [3.05, 3.63) is 34.3 Å². The van der Waals surface area contributed by atoms with E-state index in [4.69, 9.17) is 0 Å². The van der Waals surface area contributed by atoms with Crippen molar-refractivity contribution in [2.75, 3.05) is 23.8 Å². The van der Waals surface area contributed by atoms with Crippen LogP contribution in [-0.4, -0.2) is 40.5 Å². The van der Waals surface area contributed by atoms with Gasteiger partial charge in [-0.3, -0.25) is 5.32 Å². The molecule has 0 atom stereocenters. The minimum Gasteiger partial charge on any atom is -0.478 e. The summed E-state index contributed by atoms with van der Waals surface area (Å²) in [5.41, 5.74) is 0.956. The molecule has 9 heteroatoms. The number of nitrogens with one attached hydrogen (secondary N) is 2. The largest absolute Gasteiger partial charge is 0.478 e. The third kappa shape index (κ3) is 3.00. The van der Waals surface area contributed by atoms with Gasteiger partial charge in [-0.05, 0) is 18.2 Å². The van der Waals surface area contributed by atoms with Gasteiger partial charge in [0.15, 0.2) is 5.82 Å². The first-order valence-electron chi connectivity index (χ1n) is 6.86. The van der Waals surface area contributed by atoms with Crippen LogP contribution in [0.2, 0.25) is 0 Å². The lowest BCUT2D eigenvalue weighted by atomic mass is 10.2. The van der Waals surface area contributed by atoms with Gasteiger partial charge >= 0.3 is 12.0 Å². The van der Waals surface area contributed by atoms with Gasteiger partial charge < -0.3 is 15.3 Å². The molecule has 0 spiro atoms. The molecule has 3 rings (SSSR count). The first-order chi connectivity index (χ1) is 11.0. The lowest BCUT2D eigenvalue weighted by Crippen LogP contribution is -2.24. The van der Waals surface area contributed by atoms with E-state index in [0.717, 1.165) is 11.5 Å². The SMILES string of the molecule is CNC(=O)Nc1cc2n(n1)CCN2c1cc(Br)cc(C(=O)O)c1. The second-order valence-corrected chi connectivity index (χ2v) is 5.89. The number of aromatic nitrogens is 2. The molecule has 2 amide bonds. The number of urea groups is 1. The van der Waals surface area contributed by atoms with Crippen LogP contribution in [0.15, 0.2) is 28.7 Å². The molecule has 0 unspecified atom stereocenters. The summed E-state index contributed by atoms with van der Waals surface area (Å²) in [5, 5.41) is 18.6. The molecule has 1 aromatic carbocycles. The highest BCUT2D eigenvalue weighted by Crippen LogP contribution is 2.34. The second kappa shape index (κ2) is 5.92. The summed E-state index contributed by atoms with van der Waals surface area (Å²) >= 11 is 3.34. The predicted octanol–water partition coefficient (Wildman–Crippen LogP) is 2.25. The summed E-state index contributed by atoms with van der Waals surface area (Å²) in [6, 6.07) is 6.42. The molecule has 0 bridgehead atoms. The Kier molecular flexibility index (Phi) is 3.95. The van der Waals surface area contributed by atoms with Crippen LogP contribution in [0.4, 0.5) is 22.1 Å². The minimum absolute atomic E-state index is 0.205. The first kappa shape index (κ1) is 15.3. The summed E-state index contributed by atoms with van der Waals surface area (Å²) in [6.07, 6.45) is 0. The Hall–Kier alpha value is -2.55. The topological polar surface area (TPSA) is 99.5 Å². The summed E-state index contributed by atoms with van der Waals surface area (Å²) in [6.45, 7) is 1.33. The van der Waals surface area contributed by atoms with Gasteiger partial charge in [0.2, 0.25) is 0 Å². The van der Waals surface area contributed by atoms with Gasteiger partial charge in [0.1, 0.15) is 5.82 Å². The second-order valence-electron chi connectivity index (χ2n) is 4.97. The smallest absolute Gasteiger partial charge is 0.335 e. The Balaban J connectivity index is 1.93. The molecule has 0 saturated carbocycles. The van der Waals surface area contributed by atoms with Crippen molar-refractivity contribution in [2.45, 2.75) is 6.54 Å². The Morgan fingerprint density at radius 1 is 1.26 bits per heavy atom. The molecular weight excluding hydrogens is 366 g/mol. The van der Waals surface area contributed by atoms with E-state index in [1.165, 1.54) is 7.05 Å². The summed E-state index contributed by atoms with van der Waals surface area (Å²) in [7, 11) is 1.53. The summed E-state index contributed by atoms with van der Waals surface area (Å²) in [4.78, 5) is 24.5. The maximum Gasteiger partial charge on any atom is 0.335 e. The maximum absolute atomic E-state index is 11.4. The number of fused-ring (bicyclic) bond motifs is 1. The van der Waals surface area contributed by atoms with Gasteiger partial charge in [0.25, 0.3) is 0 Å². The first-order valence-corrected chi connectivity index (χ1v) is 7.65. The third-order valence-corrected chi connectivity index (χ3v) is 3.94. The zero-order valence-corrected chi connectivity index (χ0v) is 13.8. The van der Waals surface area contributed by atoms with Crippen LogP contribution < -0.4 is 15.5 Å². The fraction of sp³-hybridized carbons (Fsp3) is 0.214. The van der Waals surface area contributed by atoms with E-state index in [2.05, 4.69) is 31.7 Å². The number of amides is 2. The Labute approximate surface area is 140 Å². The van der Waals surface area contributed by atoms with Crippen LogP contribution in [0.1, 0.15) is 10.4 Å². The number of hydrogen-bond donors (Lipinski definition) is 3. The summed E-state index contributed by atoms with van der Waals surface area (Å²) in [5.74, 6) is 0.255. The van der Waals surface area contributed by atoms with Crippen LogP contribution >= 0.6 is 15.9 Å². The highest BCUT2D eigenvalue weighted by molar-refractivity contribution is 9.10. The van der Waals surface area contributed by atoms with Crippen molar-refractivity contribution in [1.82, 2.24) is 15.1 Å². The Morgan fingerprint density at radius 2 is 2.04 bits per heavy atom. The van der Waals surface area contributed by atoms with E-state index < -0.39 is 5.97 Å². The molecular formula is C14H14BrN5O3. The zero-order valence-electron chi connectivity index (χ0n) is 12.2. The molecule has 0 radical (unpaired) electrons. The number of carbonyl (C=O) groups excluding carboxylic acids is 1. The van der Waals surface area contributed by atoms with E-state index >= 15 is 0 Å². The third-order valence-electron chi connectivity index (χ3n) is 3.48. The quantitative estimate of drug-likeness (QED) is 0.759. The Bertz CT molecular complexity index is 789. The fourth-order valence-corrected chi connectivity index (χ4v) is 2.93. The van der Waals surface area contributed by atoms with Gasteiger partial charge in [0.05, 0.1) is 12.1 Å². The number of carbonyl (C=O) groups is 2. The Morgan fingerprint density at radius 3 is 2.74 bits per heavy atom. The molecule has 23 heavy (non-hydrogen) atoms. The lowest BCUT2D eigenvalue weighted by molar-refractivity contribution is 0.0697. The van der Waals surface area contributed by atoms with E-state index in [0.29, 0.717) is 23.4 Å².